The number of carbonyl (C=O) groups is 2. The van der Waals surface area contributed by atoms with Gasteiger partial charge in [0, 0.05) is 30.6 Å². The molecule has 1 fully saturated rings. The summed E-state index contributed by atoms with van der Waals surface area (Å²) < 4.78 is 0. The molecule has 1 aromatic carbocycles. The van der Waals surface area contributed by atoms with Crippen molar-refractivity contribution in [1.29, 1.82) is 0 Å². The van der Waals surface area contributed by atoms with Crippen LogP contribution in [0.2, 0.25) is 0 Å². The predicted octanol–water partition coefficient (Wildman–Crippen LogP) is 3.01. The van der Waals surface area contributed by atoms with Crippen LogP contribution in [0, 0.1) is 0 Å². The van der Waals surface area contributed by atoms with Gasteiger partial charge in [0.25, 0.3) is 0 Å². The number of anilines is 1. The summed E-state index contributed by atoms with van der Waals surface area (Å²) in [5.41, 5.74) is 7.06. The zero-order chi connectivity index (χ0) is 16.9. The number of hydrogen-bond donors (Lipinski definition) is 2. The third-order valence-electron chi connectivity index (χ3n) is 4.16. The van der Waals surface area contributed by atoms with Crippen LogP contribution in [0.1, 0.15) is 30.9 Å². The van der Waals surface area contributed by atoms with E-state index in [1.54, 1.807) is 16.5 Å². The average molecular weight is 417 g/mol. The summed E-state index contributed by atoms with van der Waals surface area (Å²) in [6, 6.07) is 8.74. The number of rotatable bonds is 5. The summed E-state index contributed by atoms with van der Waals surface area (Å²) in [5, 5.41) is 5.13. The van der Waals surface area contributed by atoms with Gasteiger partial charge >= 0.3 is 0 Å². The predicted molar refractivity (Wildman–Crippen MR) is 108 cm³/mol. The van der Waals surface area contributed by atoms with Gasteiger partial charge in [0.05, 0.1) is 0 Å². The van der Waals surface area contributed by atoms with Gasteiger partial charge in [-0.15, -0.1) is 36.2 Å². The molecule has 2 amide bonds. The molecular formula is C17H22Cl2N4O2S. The van der Waals surface area contributed by atoms with E-state index >= 15 is 0 Å². The summed E-state index contributed by atoms with van der Waals surface area (Å²) in [6.45, 7) is 0.594. The molecule has 3 rings (SSSR count). The maximum absolute atomic E-state index is 12.6. The Bertz CT molecular complexity index is 700. The van der Waals surface area contributed by atoms with E-state index in [-0.39, 0.29) is 49.1 Å². The standard InChI is InChI=1S/C17H20N4O2S.2ClH/c18-13(12-5-2-1-3-6-12)11-15(22)21-9-4-7-14(21)16(23)20-17-19-8-10-24-17;;/h1-3,5-6,8,10,13-14H,4,7,9,11,18H2,(H,19,20,23);2*1H. The van der Waals surface area contributed by atoms with Gasteiger partial charge in [-0.05, 0) is 18.4 Å². The first-order valence-corrected chi connectivity index (χ1v) is 8.83. The minimum atomic E-state index is -0.440. The maximum atomic E-state index is 12.6. The number of likely N-dealkylation sites (tertiary alicyclic amines) is 1. The quantitative estimate of drug-likeness (QED) is 0.783. The summed E-state index contributed by atoms with van der Waals surface area (Å²) in [5.74, 6) is -0.257. The van der Waals surface area contributed by atoms with Crippen LogP contribution in [0.15, 0.2) is 41.9 Å². The van der Waals surface area contributed by atoms with Crippen LogP contribution < -0.4 is 11.1 Å². The van der Waals surface area contributed by atoms with Crippen molar-refractivity contribution in [2.45, 2.75) is 31.3 Å². The number of amides is 2. The maximum Gasteiger partial charge on any atom is 0.248 e. The van der Waals surface area contributed by atoms with Gasteiger partial charge in [0.2, 0.25) is 11.8 Å². The van der Waals surface area contributed by atoms with Gasteiger partial charge in [-0.3, -0.25) is 9.59 Å². The van der Waals surface area contributed by atoms with Gasteiger partial charge in [0.1, 0.15) is 6.04 Å². The van der Waals surface area contributed by atoms with Gasteiger partial charge in [0.15, 0.2) is 5.13 Å². The minimum absolute atomic E-state index is 0. The lowest BCUT2D eigenvalue weighted by Gasteiger charge is -2.25. The molecule has 0 aliphatic carbocycles. The Morgan fingerprint density at radius 3 is 2.69 bits per heavy atom. The largest absolute Gasteiger partial charge is 0.331 e. The lowest BCUT2D eigenvalue weighted by molar-refractivity contribution is -0.137. The molecule has 6 nitrogen and oxygen atoms in total. The number of nitrogens with two attached hydrogens (primary N) is 1. The zero-order valence-corrected chi connectivity index (χ0v) is 16.5. The van der Waals surface area contributed by atoms with Gasteiger partial charge in [-0.2, -0.15) is 0 Å². The number of thiazole rings is 1. The fourth-order valence-electron chi connectivity index (χ4n) is 2.94. The molecule has 2 unspecified atom stereocenters. The summed E-state index contributed by atoms with van der Waals surface area (Å²) >= 11 is 1.36. The Morgan fingerprint density at radius 1 is 1.31 bits per heavy atom. The molecule has 0 saturated carbocycles. The van der Waals surface area contributed by atoms with Crippen molar-refractivity contribution >= 4 is 53.1 Å². The van der Waals surface area contributed by atoms with Gasteiger partial charge < -0.3 is 16.0 Å². The van der Waals surface area contributed by atoms with E-state index in [2.05, 4.69) is 10.3 Å². The van der Waals surface area contributed by atoms with Crippen LogP contribution in [-0.4, -0.2) is 34.3 Å². The topological polar surface area (TPSA) is 88.3 Å². The molecule has 26 heavy (non-hydrogen) atoms. The SMILES string of the molecule is Cl.Cl.NC(CC(=O)N1CCCC1C(=O)Nc1nccs1)c1ccccc1. The first kappa shape index (κ1) is 22.4. The van der Waals surface area contributed by atoms with Crippen LogP contribution in [-0.2, 0) is 9.59 Å². The Kier molecular flexibility index (Phi) is 9.01. The first-order valence-electron chi connectivity index (χ1n) is 7.95. The molecule has 0 spiro atoms. The fourth-order valence-corrected chi connectivity index (χ4v) is 3.47. The van der Waals surface area contributed by atoms with Crippen molar-refractivity contribution in [3.05, 3.63) is 47.5 Å². The van der Waals surface area contributed by atoms with E-state index in [9.17, 15) is 9.59 Å². The molecule has 0 bridgehead atoms. The van der Waals surface area contributed by atoms with Crippen molar-refractivity contribution < 1.29 is 9.59 Å². The second kappa shape index (κ2) is 10.5. The summed E-state index contributed by atoms with van der Waals surface area (Å²) in [4.78, 5) is 30.7. The van der Waals surface area contributed by atoms with Crippen molar-refractivity contribution in [1.82, 2.24) is 9.88 Å². The minimum Gasteiger partial charge on any atom is -0.331 e. The third kappa shape index (κ3) is 5.41. The van der Waals surface area contributed by atoms with Gasteiger partial charge in [-0.25, -0.2) is 4.98 Å². The number of aromatic nitrogens is 1. The fraction of sp³-hybridized carbons (Fsp3) is 0.353. The zero-order valence-electron chi connectivity index (χ0n) is 14.0. The van der Waals surface area contributed by atoms with E-state index in [0.29, 0.717) is 18.1 Å². The van der Waals surface area contributed by atoms with E-state index in [0.717, 1.165) is 12.0 Å². The molecule has 1 aromatic heterocycles. The Morgan fingerprint density at radius 2 is 2.04 bits per heavy atom. The average Bonchev–Trinajstić information content (AvgIpc) is 3.27. The molecule has 2 aromatic rings. The number of halogens is 2. The van der Waals surface area contributed by atoms with Crippen molar-refractivity contribution in [2.75, 3.05) is 11.9 Å². The number of nitrogens with zero attached hydrogens (tertiary/aromatic N) is 2. The lowest BCUT2D eigenvalue weighted by atomic mass is 10.0. The molecular weight excluding hydrogens is 395 g/mol. The number of nitrogens with one attached hydrogen (secondary N) is 1. The van der Waals surface area contributed by atoms with Crippen molar-refractivity contribution in [2.24, 2.45) is 5.73 Å². The molecule has 3 N–H and O–H groups in total. The molecule has 1 aliphatic heterocycles. The first-order chi connectivity index (χ1) is 11.6. The van der Waals surface area contributed by atoms with Crippen LogP contribution in [0.5, 0.6) is 0 Å². The van der Waals surface area contributed by atoms with Gasteiger partial charge in [-0.1, -0.05) is 30.3 Å². The molecule has 9 heteroatoms. The molecule has 2 atom stereocenters. The van der Waals surface area contributed by atoms with E-state index in [1.807, 2.05) is 30.3 Å². The second-order valence-electron chi connectivity index (χ2n) is 5.79. The highest BCUT2D eigenvalue weighted by molar-refractivity contribution is 7.13. The monoisotopic (exact) mass is 416 g/mol. The molecule has 142 valence electrons. The number of carbonyl (C=O) groups excluding carboxylic acids is 2. The van der Waals surface area contributed by atoms with E-state index in [4.69, 9.17) is 5.73 Å². The van der Waals surface area contributed by atoms with Crippen LogP contribution in [0.3, 0.4) is 0 Å². The normalized spacial score (nSPS) is 17.0. The number of benzene rings is 1. The van der Waals surface area contributed by atoms with Crippen molar-refractivity contribution in [3.8, 4) is 0 Å². The Hall–Kier alpha value is -1.67. The van der Waals surface area contributed by atoms with Crippen LogP contribution >= 0.6 is 36.2 Å². The second-order valence-corrected chi connectivity index (χ2v) is 6.69. The Balaban J connectivity index is 0.00000169. The smallest absolute Gasteiger partial charge is 0.248 e. The molecule has 1 aliphatic rings. The highest BCUT2D eigenvalue weighted by Gasteiger charge is 2.34. The summed E-state index contributed by atoms with van der Waals surface area (Å²) in [6.07, 6.45) is 3.33. The molecule has 0 radical (unpaired) electrons. The molecule has 2 heterocycles. The van der Waals surface area contributed by atoms with Crippen LogP contribution in [0.4, 0.5) is 5.13 Å². The highest BCUT2D eigenvalue weighted by Crippen LogP contribution is 2.23. The number of hydrogen-bond acceptors (Lipinski definition) is 5. The Labute approximate surface area is 169 Å². The summed E-state index contributed by atoms with van der Waals surface area (Å²) in [7, 11) is 0. The molecule has 1 saturated heterocycles. The highest BCUT2D eigenvalue weighted by atomic mass is 35.5. The van der Waals surface area contributed by atoms with Crippen LogP contribution in [0.25, 0.3) is 0 Å². The third-order valence-corrected chi connectivity index (χ3v) is 4.85. The lowest BCUT2D eigenvalue weighted by Crippen LogP contribution is -2.44. The van der Waals surface area contributed by atoms with E-state index < -0.39 is 6.04 Å². The van der Waals surface area contributed by atoms with Crippen molar-refractivity contribution in [3.63, 3.8) is 0 Å². The van der Waals surface area contributed by atoms with E-state index in [1.165, 1.54) is 11.3 Å².